The molecule has 0 nitrogen and oxygen atoms in total. The highest BCUT2D eigenvalue weighted by atomic mass is 127. The van der Waals surface area contributed by atoms with E-state index in [-0.39, 0.29) is 0 Å². The first-order chi connectivity index (χ1) is 4.81. The summed E-state index contributed by atoms with van der Waals surface area (Å²) in [6.45, 7) is 7.18. The van der Waals surface area contributed by atoms with Gasteiger partial charge in [0.1, 0.15) is 0 Å². The Morgan fingerprint density at radius 2 is 1.73 bits per heavy atom. The van der Waals surface area contributed by atoms with Crippen LogP contribution in [0.1, 0.15) is 40.0 Å². The number of alkyl halides is 2. The van der Waals surface area contributed by atoms with E-state index in [0.29, 0.717) is 8.84 Å². The summed E-state index contributed by atoms with van der Waals surface area (Å²) < 4.78 is 1.43. The van der Waals surface area contributed by atoms with E-state index in [1.807, 2.05) is 0 Å². The summed E-state index contributed by atoms with van der Waals surface area (Å²) in [5, 5.41) is 0. The molecule has 1 aliphatic rings. The molecule has 0 amide bonds. The minimum absolute atomic E-state index is 0.547. The maximum Gasteiger partial charge on any atom is 0.0209 e. The minimum Gasteiger partial charge on any atom is -0.0825 e. The predicted molar refractivity (Wildman–Crippen MR) is 67.9 cm³/mol. The van der Waals surface area contributed by atoms with Crippen molar-refractivity contribution in [3.8, 4) is 0 Å². The molecule has 0 N–H and O–H groups in total. The lowest BCUT2D eigenvalue weighted by molar-refractivity contribution is 0.230. The topological polar surface area (TPSA) is 0 Å². The fourth-order valence-electron chi connectivity index (χ4n) is 2.28. The molecule has 0 bridgehead atoms. The van der Waals surface area contributed by atoms with E-state index in [2.05, 4.69) is 66.0 Å². The van der Waals surface area contributed by atoms with Crippen LogP contribution in [-0.2, 0) is 0 Å². The van der Waals surface area contributed by atoms with Gasteiger partial charge in [-0.1, -0.05) is 66.0 Å². The standard InChI is InChI=1S/C9H16I2/c1-8(2)4-7(10)5-9(3,11)6-8/h7H,4-6H2,1-3H3. The quantitative estimate of drug-likeness (QED) is 0.438. The van der Waals surface area contributed by atoms with Crippen molar-refractivity contribution in [2.45, 2.75) is 47.4 Å². The SMILES string of the molecule is CC1(C)CC(I)CC(C)(I)C1. The van der Waals surface area contributed by atoms with Gasteiger partial charge in [0.25, 0.3) is 0 Å². The summed E-state index contributed by atoms with van der Waals surface area (Å²) in [4.78, 5) is 0. The second-order valence-corrected chi connectivity index (χ2v) is 9.13. The van der Waals surface area contributed by atoms with Crippen molar-refractivity contribution >= 4 is 45.2 Å². The third-order valence-electron chi connectivity index (χ3n) is 2.27. The third-order valence-corrected chi connectivity index (χ3v) is 3.97. The molecule has 1 rings (SSSR count). The fraction of sp³-hybridized carbons (Fsp3) is 1.00. The largest absolute Gasteiger partial charge is 0.0825 e. The van der Waals surface area contributed by atoms with E-state index in [4.69, 9.17) is 0 Å². The highest BCUT2D eigenvalue weighted by Crippen LogP contribution is 2.47. The average molecular weight is 378 g/mol. The first kappa shape index (κ1) is 10.5. The van der Waals surface area contributed by atoms with Gasteiger partial charge in [0.05, 0.1) is 0 Å². The van der Waals surface area contributed by atoms with Crippen molar-refractivity contribution in [3.05, 3.63) is 0 Å². The molecule has 1 fully saturated rings. The van der Waals surface area contributed by atoms with Crippen LogP contribution in [0.2, 0.25) is 0 Å². The van der Waals surface area contributed by atoms with Crippen LogP contribution in [-0.4, -0.2) is 7.35 Å². The van der Waals surface area contributed by atoms with Gasteiger partial charge in [0, 0.05) is 7.35 Å². The summed E-state index contributed by atoms with van der Waals surface area (Å²) in [6, 6.07) is 0. The number of hydrogen-bond donors (Lipinski definition) is 0. The summed E-state index contributed by atoms with van der Waals surface area (Å²) in [7, 11) is 0. The predicted octanol–water partition coefficient (Wildman–Crippen LogP) is 4.19. The molecular weight excluding hydrogens is 362 g/mol. The summed E-state index contributed by atoms with van der Waals surface area (Å²) in [5.74, 6) is 0. The molecule has 0 saturated heterocycles. The van der Waals surface area contributed by atoms with E-state index >= 15 is 0 Å². The van der Waals surface area contributed by atoms with Crippen LogP contribution in [0.5, 0.6) is 0 Å². The highest BCUT2D eigenvalue weighted by Gasteiger charge is 2.38. The van der Waals surface area contributed by atoms with Crippen LogP contribution >= 0.6 is 45.2 Å². The van der Waals surface area contributed by atoms with Crippen LogP contribution in [0.3, 0.4) is 0 Å². The highest BCUT2D eigenvalue weighted by molar-refractivity contribution is 14.1. The zero-order chi connectivity index (χ0) is 8.70. The van der Waals surface area contributed by atoms with Crippen molar-refractivity contribution in [1.82, 2.24) is 0 Å². The molecule has 2 heteroatoms. The van der Waals surface area contributed by atoms with Gasteiger partial charge in [-0.2, -0.15) is 0 Å². The van der Waals surface area contributed by atoms with Gasteiger partial charge >= 0.3 is 0 Å². The normalized spacial score (nSPS) is 43.9. The van der Waals surface area contributed by atoms with Crippen molar-refractivity contribution in [2.24, 2.45) is 5.41 Å². The van der Waals surface area contributed by atoms with Crippen LogP contribution in [0.4, 0.5) is 0 Å². The molecule has 66 valence electrons. The van der Waals surface area contributed by atoms with Gasteiger partial charge in [-0.05, 0) is 24.7 Å². The van der Waals surface area contributed by atoms with Crippen molar-refractivity contribution in [2.75, 3.05) is 0 Å². The molecule has 2 unspecified atom stereocenters. The van der Waals surface area contributed by atoms with E-state index in [9.17, 15) is 0 Å². The van der Waals surface area contributed by atoms with Crippen LogP contribution < -0.4 is 0 Å². The third kappa shape index (κ3) is 3.36. The van der Waals surface area contributed by atoms with E-state index < -0.39 is 0 Å². The Morgan fingerprint density at radius 1 is 1.18 bits per heavy atom. The molecule has 11 heavy (non-hydrogen) atoms. The Labute approximate surface area is 97.2 Å². The van der Waals surface area contributed by atoms with Gasteiger partial charge in [-0.25, -0.2) is 0 Å². The molecule has 1 saturated carbocycles. The first-order valence-corrected chi connectivity index (χ1v) is 6.46. The summed E-state index contributed by atoms with van der Waals surface area (Å²) in [6.07, 6.45) is 4.16. The molecule has 0 aliphatic heterocycles. The number of halogens is 2. The molecule has 0 heterocycles. The number of hydrogen-bond acceptors (Lipinski definition) is 0. The Bertz CT molecular complexity index is 134. The second-order valence-electron chi connectivity index (χ2n) is 4.76. The van der Waals surface area contributed by atoms with Gasteiger partial charge < -0.3 is 0 Å². The molecule has 0 radical (unpaired) electrons. The smallest absolute Gasteiger partial charge is 0.0209 e. The lowest BCUT2D eigenvalue weighted by atomic mass is 9.73. The van der Waals surface area contributed by atoms with Crippen molar-refractivity contribution < 1.29 is 0 Å². The summed E-state index contributed by atoms with van der Waals surface area (Å²) in [5.41, 5.74) is 0.569. The molecule has 0 spiro atoms. The Kier molecular flexibility index (Phi) is 3.17. The monoisotopic (exact) mass is 378 g/mol. The Morgan fingerprint density at radius 3 is 2.09 bits per heavy atom. The van der Waals surface area contributed by atoms with Gasteiger partial charge in [-0.15, -0.1) is 0 Å². The molecular formula is C9H16I2. The van der Waals surface area contributed by atoms with E-state index in [1.165, 1.54) is 19.3 Å². The van der Waals surface area contributed by atoms with E-state index in [0.717, 1.165) is 3.92 Å². The van der Waals surface area contributed by atoms with Gasteiger partial charge in [-0.3, -0.25) is 0 Å². The maximum atomic E-state index is 2.63. The molecule has 0 aromatic carbocycles. The number of rotatable bonds is 0. The molecule has 1 aliphatic carbocycles. The summed E-state index contributed by atoms with van der Waals surface area (Å²) >= 11 is 5.23. The van der Waals surface area contributed by atoms with Crippen LogP contribution in [0, 0.1) is 5.41 Å². The van der Waals surface area contributed by atoms with Gasteiger partial charge in [0.15, 0.2) is 0 Å². The first-order valence-electron chi connectivity index (χ1n) is 4.14. The Balaban J connectivity index is 2.66. The lowest BCUT2D eigenvalue weighted by Gasteiger charge is -2.42. The van der Waals surface area contributed by atoms with Crippen molar-refractivity contribution in [3.63, 3.8) is 0 Å². The molecule has 0 aromatic rings. The zero-order valence-electron chi connectivity index (χ0n) is 7.45. The average Bonchev–Trinajstić information content (AvgIpc) is 1.49. The molecule has 2 atom stereocenters. The fourth-order valence-corrected chi connectivity index (χ4v) is 6.85. The minimum atomic E-state index is 0.547. The Hall–Kier alpha value is 1.46. The van der Waals surface area contributed by atoms with Crippen LogP contribution in [0.15, 0.2) is 0 Å². The second kappa shape index (κ2) is 3.31. The molecule has 0 aromatic heterocycles. The van der Waals surface area contributed by atoms with Gasteiger partial charge in [0.2, 0.25) is 0 Å². The van der Waals surface area contributed by atoms with E-state index in [1.54, 1.807) is 0 Å². The lowest BCUT2D eigenvalue weighted by Crippen LogP contribution is -2.36. The van der Waals surface area contributed by atoms with Crippen molar-refractivity contribution in [1.29, 1.82) is 0 Å². The van der Waals surface area contributed by atoms with Crippen LogP contribution in [0.25, 0.3) is 0 Å². The maximum absolute atomic E-state index is 2.63. The zero-order valence-corrected chi connectivity index (χ0v) is 11.8.